The van der Waals surface area contributed by atoms with Crippen molar-refractivity contribution < 1.29 is 47.5 Å². The van der Waals surface area contributed by atoms with Gasteiger partial charge in [-0.15, -0.1) is 0 Å². The third-order valence-corrected chi connectivity index (χ3v) is 6.83. The van der Waals surface area contributed by atoms with E-state index in [1.165, 1.54) is 33.5 Å². The lowest BCUT2D eigenvalue weighted by atomic mass is 9.58. The predicted octanol–water partition coefficient (Wildman–Crippen LogP) is 2.66. The van der Waals surface area contributed by atoms with Gasteiger partial charge in [0.05, 0.1) is 27.2 Å². The van der Waals surface area contributed by atoms with E-state index < -0.39 is 41.6 Å². The number of hydrogen-bond acceptors (Lipinski definition) is 10. The molecule has 0 spiro atoms. The third-order valence-electron chi connectivity index (χ3n) is 6.83. The molecule has 1 saturated heterocycles. The van der Waals surface area contributed by atoms with Crippen LogP contribution in [0.4, 0.5) is 0 Å². The molecule has 188 valence electrons. The number of carbonyl (C=O) groups is 3. The van der Waals surface area contributed by atoms with E-state index >= 15 is 0 Å². The molecule has 0 saturated carbocycles. The number of rotatable bonds is 7. The fraction of sp³-hybridized carbons (Fsp3) is 0.346. The lowest BCUT2D eigenvalue weighted by Crippen LogP contribution is -2.52. The van der Waals surface area contributed by atoms with Crippen molar-refractivity contribution in [1.29, 1.82) is 0 Å². The van der Waals surface area contributed by atoms with Gasteiger partial charge in [-0.3, -0.25) is 14.4 Å². The molecule has 0 N–H and O–H groups in total. The summed E-state index contributed by atoms with van der Waals surface area (Å²) in [4.78, 5) is 40.7. The molecule has 1 fully saturated rings. The minimum absolute atomic E-state index is 0.0146. The van der Waals surface area contributed by atoms with E-state index in [4.69, 9.17) is 33.2 Å². The number of methoxy groups -OCH3 is 3. The summed E-state index contributed by atoms with van der Waals surface area (Å²) in [5.74, 6) is -2.32. The molecular weight excluding hydrogens is 472 g/mol. The first kappa shape index (κ1) is 23.5. The second kappa shape index (κ2) is 8.78. The largest absolute Gasteiger partial charge is 0.493 e. The summed E-state index contributed by atoms with van der Waals surface area (Å²) in [7, 11) is 4.42. The van der Waals surface area contributed by atoms with Crippen molar-refractivity contribution in [3.63, 3.8) is 0 Å². The summed E-state index contributed by atoms with van der Waals surface area (Å²) in [5, 5.41) is 0. The highest BCUT2D eigenvalue weighted by atomic mass is 16.7. The SMILES string of the molecule is C=CCOC(=O)[C@@]12COC(=O)[C@@H]1[C@H](c1cc(OC)c(OC)c(OC)c1)c1cc3c(cc1C2=O)OCO3. The maximum absolute atomic E-state index is 14.0. The fourth-order valence-corrected chi connectivity index (χ4v) is 5.22. The van der Waals surface area contributed by atoms with Crippen molar-refractivity contribution in [2.24, 2.45) is 11.3 Å². The number of carbonyl (C=O) groups excluding carboxylic acids is 3. The van der Waals surface area contributed by atoms with Gasteiger partial charge in [-0.25, -0.2) is 0 Å². The highest BCUT2D eigenvalue weighted by Crippen LogP contribution is 2.57. The van der Waals surface area contributed by atoms with Crippen molar-refractivity contribution in [2.45, 2.75) is 5.92 Å². The topological polar surface area (TPSA) is 116 Å². The number of ketones is 1. The van der Waals surface area contributed by atoms with Crippen LogP contribution >= 0.6 is 0 Å². The van der Waals surface area contributed by atoms with Gasteiger partial charge < -0.3 is 33.2 Å². The van der Waals surface area contributed by atoms with Gasteiger partial charge in [-0.1, -0.05) is 12.7 Å². The van der Waals surface area contributed by atoms with E-state index in [-0.39, 0.29) is 19.0 Å². The monoisotopic (exact) mass is 496 g/mol. The number of fused-ring (bicyclic) bond motifs is 3. The number of hydrogen-bond donors (Lipinski definition) is 0. The van der Waals surface area contributed by atoms with Gasteiger partial charge in [0.25, 0.3) is 0 Å². The van der Waals surface area contributed by atoms with Gasteiger partial charge in [0, 0.05) is 11.5 Å². The summed E-state index contributed by atoms with van der Waals surface area (Å²) in [6, 6.07) is 6.56. The minimum Gasteiger partial charge on any atom is -0.493 e. The number of cyclic esters (lactones) is 1. The van der Waals surface area contributed by atoms with Crippen LogP contribution in [-0.4, -0.2) is 59.1 Å². The van der Waals surface area contributed by atoms with Crippen LogP contribution in [0, 0.1) is 11.3 Å². The van der Waals surface area contributed by atoms with Crippen molar-refractivity contribution in [3.8, 4) is 28.7 Å². The van der Waals surface area contributed by atoms with Crippen LogP contribution in [0.2, 0.25) is 0 Å². The molecule has 36 heavy (non-hydrogen) atoms. The molecule has 3 aliphatic rings. The second-order valence-corrected chi connectivity index (χ2v) is 8.50. The van der Waals surface area contributed by atoms with Crippen LogP contribution in [0.25, 0.3) is 0 Å². The number of benzene rings is 2. The van der Waals surface area contributed by atoms with Crippen molar-refractivity contribution in [3.05, 3.63) is 53.6 Å². The Bertz CT molecular complexity index is 1260. The van der Waals surface area contributed by atoms with Crippen LogP contribution in [0.5, 0.6) is 28.7 Å². The van der Waals surface area contributed by atoms with Crippen LogP contribution < -0.4 is 23.7 Å². The normalized spacial score (nSPS) is 23.3. The fourth-order valence-electron chi connectivity index (χ4n) is 5.22. The molecule has 2 heterocycles. The summed E-state index contributed by atoms with van der Waals surface area (Å²) >= 11 is 0. The molecule has 3 atom stereocenters. The zero-order valence-electron chi connectivity index (χ0n) is 20.0. The van der Waals surface area contributed by atoms with Crippen LogP contribution in [0.1, 0.15) is 27.4 Å². The smallest absolute Gasteiger partial charge is 0.324 e. The first-order valence-electron chi connectivity index (χ1n) is 11.1. The molecule has 1 aliphatic carbocycles. The second-order valence-electron chi connectivity index (χ2n) is 8.50. The van der Waals surface area contributed by atoms with Gasteiger partial charge in [-0.05, 0) is 35.4 Å². The summed E-state index contributed by atoms with van der Waals surface area (Å²) < 4.78 is 38.2. The minimum atomic E-state index is -1.90. The van der Waals surface area contributed by atoms with Crippen molar-refractivity contribution in [1.82, 2.24) is 0 Å². The highest BCUT2D eigenvalue weighted by molar-refractivity contribution is 6.18. The predicted molar refractivity (Wildman–Crippen MR) is 123 cm³/mol. The maximum Gasteiger partial charge on any atom is 0.324 e. The molecule has 2 aromatic rings. The zero-order chi connectivity index (χ0) is 25.6. The Balaban J connectivity index is 1.80. The quantitative estimate of drug-likeness (QED) is 0.322. The molecule has 0 bridgehead atoms. The van der Waals surface area contributed by atoms with E-state index in [1.807, 2.05) is 0 Å². The Morgan fingerprint density at radius 3 is 2.31 bits per heavy atom. The molecule has 10 heteroatoms. The standard InChI is InChI=1S/C26H24O10/c1-5-6-33-25(29)26-11-34-24(28)21(26)20(13-7-18(30-2)22(32-4)19(8-13)31-3)14-9-16-17(36-12-35-16)10-15(14)23(26)27/h5,7-10,20-21H,1,6,11-12H2,2-4H3/t20-,21+,26+/m1/s1. The third kappa shape index (κ3) is 3.20. The molecule has 2 aromatic carbocycles. The Kier molecular flexibility index (Phi) is 5.74. The molecule has 0 aromatic heterocycles. The van der Waals surface area contributed by atoms with Crippen LogP contribution in [0.3, 0.4) is 0 Å². The van der Waals surface area contributed by atoms with Gasteiger partial charge in [0.1, 0.15) is 13.2 Å². The molecule has 0 radical (unpaired) electrons. The average Bonchev–Trinajstić information content (AvgIpc) is 3.50. The Labute approximate surface area is 206 Å². The summed E-state index contributed by atoms with van der Waals surface area (Å²) in [6.45, 7) is 2.97. The van der Waals surface area contributed by atoms with Gasteiger partial charge >= 0.3 is 11.9 Å². The average molecular weight is 496 g/mol. The van der Waals surface area contributed by atoms with Gasteiger partial charge in [0.15, 0.2) is 34.2 Å². The van der Waals surface area contributed by atoms with Crippen LogP contribution in [-0.2, 0) is 19.1 Å². The number of ether oxygens (including phenoxy) is 7. The Morgan fingerprint density at radius 1 is 1.03 bits per heavy atom. The molecule has 2 aliphatic heterocycles. The number of esters is 2. The van der Waals surface area contributed by atoms with E-state index in [9.17, 15) is 14.4 Å². The Morgan fingerprint density at radius 2 is 1.69 bits per heavy atom. The lowest BCUT2D eigenvalue weighted by Gasteiger charge is -2.39. The lowest BCUT2D eigenvalue weighted by molar-refractivity contribution is -0.154. The van der Waals surface area contributed by atoms with Crippen LogP contribution in [0.15, 0.2) is 36.9 Å². The zero-order valence-corrected chi connectivity index (χ0v) is 20.0. The molecular formula is C26H24O10. The van der Waals surface area contributed by atoms with Crippen molar-refractivity contribution in [2.75, 3.05) is 41.3 Å². The number of Topliss-reactive ketones (excluding diaryl/α,β-unsaturated/α-hetero) is 1. The summed E-state index contributed by atoms with van der Waals surface area (Å²) in [5.41, 5.74) is -0.661. The first-order chi connectivity index (χ1) is 17.4. The maximum atomic E-state index is 14.0. The molecule has 0 unspecified atom stereocenters. The van der Waals surface area contributed by atoms with E-state index in [0.29, 0.717) is 39.9 Å². The van der Waals surface area contributed by atoms with Crippen molar-refractivity contribution >= 4 is 17.7 Å². The molecule has 0 amide bonds. The van der Waals surface area contributed by atoms with Gasteiger partial charge in [-0.2, -0.15) is 0 Å². The molecule has 10 nitrogen and oxygen atoms in total. The van der Waals surface area contributed by atoms with Gasteiger partial charge in [0.2, 0.25) is 12.5 Å². The molecule has 5 rings (SSSR count). The van der Waals surface area contributed by atoms with E-state index in [1.54, 1.807) is 18.2 Å². The Hall–Kier alpha value is -4.21. The summed E-state index contributed by atoms with van der Waals surface area (Å²) in [6.07, 6.45) is 1.39. The van der Waals surface area contributed by atoms with E-state index in [2.05, 4.69) is 6.58 Å². The van der Waals surface area contributed by atoms with E-state index in [0.717, 1.165) is 0 Å². The first-order valence-corrected chi connectivity index (χ1v) is 11.1. The highest BCUT2D eigenvalue weighted by Gasteiger charge is 2.67.